The molecule has 2 aromatic carbocycles. The zero-order chi connectivity index (χ0) is 21.3. The van der Waals surface area contributed by atoms with Gasteiger partial charge in [0, 0.05) is 29.3 Å². The van der Waals surface area contributed by atoms with Gasteiger partial charge in [0.2, 0.25) is 5.91 Å². The minimum atomic E-state index is -0.669. The molecule has 30 heavy (non-hydrogen) atoms. The Kier molecular flexibility index (Phi) is 5.40. The van der Waals surface area contributed by atoms with Gasteiger partial charge in [-0.05, 0) is 49.6 Å². The van der Waals surface area contributed by atoms with Crippen LogP contribution in [0.3, 0.4) is 0 Å². The van der Waals surface area contributed by atoms with Crippen LogP contribution < -0.4 is 10.1 Å². The number of phenols is 1. The van der Waals surface area contributed by atoms with Crippen molar-refractivity contribution in [3.8, 4) is 11.5 Å². The van der Waals surface area contributed by atoms with Crippen molar-refractivity contribution in [3.05, 3.63) is 65.4 Å². The van der Waals surface area contributed by atoms with Gasteiger partial charge in [0.25, 0.3) is 0 Å². The molecule has 0 spiro atoms. The van der Waals surface area contributed by atoms with Gasteiger partial charge in [-0.15, -0.1) is 0 Å². The van der Waals surface area contributed by atoms with E-state index in [1.807, 2.05) is 25.1 Å². The Morgan fingerprint density at radius 3 is 2.73 bits per heavy atom. The lowest BCUT2D eigenvalue weighted by atomic mass is 9.71. The molecule has 2 aliphatic rings. The molecule has 1 heterocycles. The number of allylic oxidation sites excluding steroid dienone is 2. The fourth-order valence-electron chi connectivity index (χ4n) is 4.38. The van der Waals surface area contributed by atoms with E-state index in [9.17, 15) is 14.7 Å². The number of methoxy groups -OCH3 is 1. The predicted molar refractivity (Wildman–Crippen MR) is 115 cm³/mol. The van der Waals surface area contributed by atoms with Crippen LogP contribution in [0.15, 0.2) is 64.8 Å². The summed E-state index contributed by atoms with van der Waals surface area (Å²) in [4.78, 5) is 31.0. The van der Waals surface area contributed by atoms with Gasteiger partial charge in [0.05, 0.1) is 18.7 Å². The van der Waals surface area contributed by atoms with Crippen LogP contribution in [0.25, 0.3) is 0 Å². The Bertz CT molecular complexity index is 1070. The van der Waals surface area contributed by atoms with Crippen molar-refractivity contribution in [3.63, 3.8) is 0 Å². The average Bonchev–Trinajstić information content (AvgIpc) is 2.73. The molecule has 1 amide bonds. The van der Waals surface area contributed by atoms with Gasteiger partial charge in [-0.3, -0.25) is 14.6 Å². The number of nitrogens with one attached hydrogen (secondary N) is 1. The molecule has 2 atom stereocenters. The molecule has 0 aromatic heterocycles. The molecule has 2 aromatic rings. The number of hydrogen-bond acceptors (Lipinski definition) is 5. The van der Waals surface area contributed by atoms with E-state index in [1.165, 1.54) is 0 Å². The zero-order valence-electron chi connectivity index (χ0n) is 17.0. The number of phenolic OH excluding ortho intramolecular Hbond substituents is 1. The Morgan fingerprint density at radius 1 is 1.17 bits per heavy atom. The van der Waals surface area contributed by atoms with Crippen LogP contribution in [0, 0.1) is 5.92 Å². The first-order chi connectivity index (χ1) is 14.5. The molecule has 0 saturated heterocycles. The van der Waals surface area contributed by atoms with Crippen LogP contribution in [0.5, 0.6) is 11.5 Å². The molecule has 6 nitrogen and oxygen atoms in total. The highest BCUT2D eigenvalue weighted by molar-refractivity contribution is 6.13. The first-order valence-corrected chi connectivity index (χ1v) is 10.0. The zero-order valence-corrected chi connectivity index (χ0v) is 17.0. The van der Waals surface area contributed by atoms with Crippen LogP contribution in [-0.4, -0.2) is 29.6 Å². The SMILES string of the molecule is COc1ccccc1NC(=O)C1C(C)=NC2=C(C(=O)CCC2)[C@H]1c1cccc(O)c1. The largest absolute Gasteiger partial charge is 0.508 e. The summed E-state index contributed by atoms with van der Waals surface area (Å²) >= 11 is 0. The second-order valence-electron chi connectivity index (χ2n) is 7.63. The van der Waals surface area contributed by atoms with Gasteiger partial charge in [0.1, 0.15) is 11.5 Å². The maximum absolute atomic E-state index is 13.5. The van der Waals surface area contributed by atoms with Gasteiger partial charge in [0.15, 0.2) is 5.78 Å². The van der Waals surface area contributed by atoms with Crippen LogP contribution in [0.1, 0.15) is 37.7 Å². The van der Waals surface area contributed by atoms with Gasteiger partial charge >= 0.3 is 0 Å². The Balaban J connectivity index is 1.78. The lowest BCUT2D eigenvalue weighted by Gasteiger charge is -2.35. The molecule has 0 radical (unpaired) electrons. The molecule has 1 aliphatic heterocycles. The third-order valence-corrected chi connectivity index (χ3v) is 5.71. The number of ketones is 1. The van der Waals surface area contributed by atoms with Crippen LogP contribution in [0.2, 0.25) is 0 Å². The number of aliphatic imine (C=N–C) groups is 1. The average molecular weight is 404 g/mol. The standard InChI is InChI=1S/C24H24N2O4/c1-14-21(24(29)26-17-9-3-4-12-20(17)30-2)22(15-7-5-8-16(27)13-15)23-18(25-14)10-6-11-19(23)28/h3-5,7-9,12-13,21-22,27H,6,10-11H2,1-2H3,(H,26,29)/t21?,22-/m0/s1. The number of Topliss-reactive ketones (excluding diaryl/α,β-unsaturated/α-hetero) is 1. The number of para-hydroxylation sites is 2. The number of hydrogen-bond donors (Lipinski definition) is 2. The fraction of sp³-hybridized carbons (Fsp3) is 0.292. The molecular formula is C24H24N2O4. The number of ether oxygens (including phenoxy) is 1. The molecular weight excluding hydrogens is 380 g/mol. The van der Waals surface area contributed by atoms with E-state index >= 15 is 0 Å². The summed E-state index contributed by atoms with van der Waals surface area (Å²) in [6, 6.07) is 14.0. The Morgan fingerprint density at radius 2 is 1.97 bits per heavy atom. The molecule has 2 N–H and O–H groups in total. The number of benzene rings is 2. The van der Waals surface area contributed by atoms with E-state index in [-0.39, 0.29) is 17.4 Å². The van der Waals surface area contributed by atoms with Crippen molar-refractivity contribution >= 4 is 23.1 Å². The van der Waals surface area contributed by atoms with Crippen molar-refractivity contribution in [2.45, 2.75) is 32.1 Å². The topological polar surface area (TPSA) is 88.0 Å². The third kappa shape index (κ3) is 3.61. The van der Waals surface area contributed by atoms with Crippen molar-refractivity contribution in [1.82, 2.24) is 0 Å². The number of amides is 1. The number of rotatable bonds is 4. The number of anilines is 1. The first-order valence-electron chi connectivity index (χ1n) is 10.0. The highest BCUT2D eigenvalue weighted by atomic mass is 16.5. The fourth-order valence-corrected chi connectivity index (χ4v) is 4.38. The number of aromatic hydroxyl groups is 1. The molecule has 0 fully saturated rings. The predicted octanol–water partition coefficient (Wildman–Crippen LogP) is 4.22. The van der Waals surface area contributed by atoms with Crippen LogP contribution >= 0.6 is 0 Å². The summed E-state index contributed by atoms with van der Waals surface area (Å²) < 4.78 is 5.35. The molecule has 0 saturated carbocycles. The molecule has 4 rings (SSSR count). The van der Waals surface area contributed by atoms with Crippen molar-refractivity contribution in [2.75, 3.05) is 12.4 Å². The Hall–Kier alpha value is -3.41. The van der Waals surface area contributed by atoms with E-state index < -0.39 is 11.8 Å². The van der Waals surface area contributed by atoms with Crippen molar-refractivity contribution < 1.29 is 19.4 Å². The maximum atomic E-state index is 13.5. The van der Waals surface area contributed by atoms with E-state index in [0.29, 0.717) is 35.6 Å². The van der Waals surface area contributed by atoms with Crippen molar-refractivity contribution in [2.24, 2.45) is 10.9 Å². The van der Waals surface area contributed by atoms with E-state index in [0.717, 1.165) is 17.7 Å². The van der Waals surface area contributed by atoms with Gasteiger partial charge in [-0.1, -0.05) is 24.3 Å². The van der Waals surface area contributed by atoms with E-state index in [2.05, 4.69) is 10.3 Å². The van der Waals surface area contributed by atoms with E-state index in [1.54, 1.807) is 37.4 Å². The number of carbonyl (C=O) groups excluding carboxylic acids is 2. The maximum Gasteiger partial charge on any atom is 0.234 e. The van der Waals surface area contributed by atoms with E-state index in [4.69, 9.17) is 4.74 Å². The van der Waals surface area contributed by atoms with Gasteiger partial charge in [-0.2, -0.15) is 0 Å². The molecule has 6 heteroatoms. The summed E-state index contributed by atoms with van der Waals surface area (Å²) in [6.07, 6.45) is 1.93. The van der Waals surface area contributed by atoms with Crippen LogP contribution in [0.4, 0.5) is 5.69 Å². The summed E-state index contributed by atoms with van der Waals surface area (Å²) in [5, 5.41) is 13.0. The minimum Gasteiger partial charge on any atom is -0.508 e. The van der Waals surface area contributed by atoms with Gasteiger partial charge in [-0.25, -0.2) is 0 Å². The first kappa shape index (κ1) is 19.9. The summed E-state index contributed by atoms with van der Waals surface area (Å²) in [5.74, 6) is -0.750. The van der Waals surface area contributed by atoms with Gasteiger partial charge < -0.3 is 15.2 Å². The normalized spacial score (nSPS) is 21.0. The quantitative estimate of drug-likeness (QED) is 0.799. The molecule has 0 bridgehead atoms. The highest BCUT2D eigenvalue weighted by Crippen LogP contribution is 2.44. The second kappa shape index (κ2) is 8.14. The molecule has 1 aliphatic carbocycles. The summed E-state index contributed by atoms with van der Waals surface area (Å²) in [6.45, 7) is 1.82. The van der Waals surface area contributed by atoms with Crippen LogP contribution in [-0.2, 0) is 9.59 Å². The smallest absolute Gasteiger partial charge is 0.234 e. The lowest BCUT2D eigenvalue weighted by molar-refractivity contribution is -0.119. The summed E-state index contributed by atoms with van der Waals surface area (Å²) in [5.41, 5.74) is 3.30. The highest BCUT2D eigenvalue weighted by Gasteiger charge is 2.42. The third-order valence-electron chi connectivity index (χ3n) is 5.71. The minimum absolute atomic E-state index is 0.0240. The molecule has 1 unspecified atom stereocenters. The lowest BCUT2D eigenvalue weighted by Crippen LogP contribution is -2.39. The second-order valence-corrected chi connectivity index (χ2v) is 7.63. The molecule has 154 valence electrons. The number of carbonyl (C=O) groups is 2. The Labute approximate surface area is 175 Å². The monoisotopic (exact) mass is 404 g/mol. The number of nitrogens with zero attached hydrogens (tertiary/aromatic N) is 1. The van der Waals surface area contributed by atoms with Crippen molar-refractivity contribution in [1.29, 1.82) is 0 Å². The summed E-state index contributed by atoms with van der Waals surface area (Å²) in [7, 11) is 1.55.